The number of nitrogens with one attached hydrogen (secondary N) is 2. The van der Waals surface area contributed by atoms with E-state index in [4.69, 9.17) is 0 Å². The van der Waals surface area contributed by atoms with Crippen LogP contribution < -0.4 is 15.4 Å². The first-order valence-electron chi connectivity index (χ1n) is 8.23. The number of rotatable bonds is 7. The van der Waals surface area contributed by atoms with Gasteiger partial charge < -0.3 is 15.4 Å². The number of carbonyl (C=O) groups is 1. The smallest absolute Gasteiger partial charge is 0.422 e. The van der Waals surface area contributed by atoms with E-state index in [-0.39, 0.29) is 23.7 Å². The van der Waals surface area contributed by atoms with Crippen molar-refractivity contribution >= 4 is 24.0 Å². The molecule has 152 valence electrons. The molecular weight excluding hydrogens is 391 g/mol. The third-order valence-electron chi connectivity index (χ3n) is 4.05. The Bertz CT molecular complexity index is 652. The van der Waals surface area contributed by atoms with Crippen LogP contribution in [0.2, 0.25) is 0 Å². The van der Waals surface area contributed by atoms with Crippen LogP contribution in [0.4, 0.5) is 18.9 Å². The Morgan fingerprint density at radius 1 is 1.41 bits per heavy atom. The number of ether oxygens (including phenoxy) is 1. The van der Waals surface area contributed by atoms with Crippen LogP contribution in [0, 0.1) is 16.0 Å². The Kier molecular flexibility index (Phi) is 8.77. The fourth-order valence-electron chi connectivity index (χ4n) is 2.77. The summed E-state index contributed by atoms with van der Waals surface area (Å²) in [6, 6.07) is 2.96. The molecule has 0 radical (unpaired) electrons. The van der Waals surface area contributed by atoms with E-state index in [2.05, 4.69) is 15.4 Å². The molecule has 1 fully saturated rings. The maximum atomic E-state index is 12.3. The van der Waals surface area contributed by atoms with Crippen molar-refractivity contribution in [1.29, 1.82) is 0 Å². The van der Waals surface area contributed by atoms with Gasteiger partial charge in [-0.1, -0.05) is 0 Å². The lowest BCUT2D eigenvalue weighted by Gasteiger charge is -2.22. The summed E-state index contributed by atoms with van der Waals surface area (Å²) in [5, 5.41) is 16.9. The Hall–Kier alpha value is -2.07. The van der Waals surface area contributed by atoms with Crippen molar-refractivity contribution in [3.05, 3.63) is 33.9 Å². The monoisotopic (exact) mass is 411 g/mol. The molecule has 0 spiro atoms. The summed E-state index contributed by atoms with van der Waals surface area (Å²) in [7, 11) is 0. The summed E-state index contributed by atoms with van der Waals surface area (Å²) in [5.74, 6) is -0.548. The second-order valence-electron chi connectivity index (χ2n) is 6.10. The maximum Gasteiger partial charge on any atom is 0.422 e. The van der Waals surface area contributed by atoms with Gasteiger partial charge in [0, 0.05) is 12.6 Å². The predicted molar refractivity (Wildman–Crippen MR) is 94.4 cm³/mol. The van der Waals surface area contributed by atoms with Crippen molar-refractivity contribution in [3.8, 4) is 5.75 Å². The zero-order valence-corrected chi connectivity index (χ0v) is 15.2. The van der Waals surface area contributed by atoms with E-state index >= 15 is 0 Å². The highest BCUT2D eigenvalue weighted by Crippen LogP contribution is 2.26. The standard InChI is InChI=1S/C16H20F3N3O4.ClH/c17-16(18,19)10-26-12-3-4-14(22(24)25)13(8-12)15(23)21-7-5-11-2-1-6-20-9-11;/h3-4,8,11,20H,1-2,5-7,9-10H2,(H,21,23);1H. The molecule has 11 heteroatoms. The molecule has 0 bridgehead atoms. The maximum absolute atomic E-state index is 12.3. The molecule has 1 atom stereocenters. The molecule has 1 heterocycles. The second kappa shape index (κ2) is 10.3. The number of benzene rings is 1. The number of nitro groups is 1. The van der Waals surface area contributed by atoms with Crippen LogP contribution in [0.5, 0.6) is 5.75 Å². The third kappa shape index (κ3) is 7.59. The van der Waals surface area contributed by atoms with Crippen LogP contribution in [0.15, 0.2) is 18.2 Å². The van der Waals surface area contributed by atoms with Crippen molar-refractivity contribution in [2.75, 3.05) is 26.2 Å². The van der Waals surface area contributed by atoms with Crippen LogP contribution in [-0.2, 0) is 0 Å². The zero-order chi connectivity index (χ0) is 19.2. The summed E-state index contributed by atoms with van der Waals surface area (Å²) in [6.45, 7) is 0.618. The number of nitro benzene ring substituents is 1. The SMILES string of the molecule is Cl.O=C(NCCC1CCCNC1)c1cc(OCC(F)(F)F)ccc1[N+](=O)[O-]. The number of nitrogens with zero attached hydrogens (tertiary/aromatic N) is 1. The Labute approximate surface area is 160 Å². The van der Waals surface area contributed by atoms with E-state index in [9.17, 15) is 28.1 Å². The highest BCUT2D eigenvalue weighted by atomic mass is 35.5. The highest BCUT2D eigenvalue weighted by Gasteiger charge is 2.29. The third-order valence-corrected chi connectivity index (χ3v) is 4.05. The first-order valence-corrected chi connectivity index (χ1v) is 8.23. The van der Waals surface area contributed by atoms with Gasteiger partial charge in [-0.05, 0) is 50.4 Å². The van der Waals surface area contributed by atoms with Crippen molar-refractivity contribution in [1.82, 2.24) is 10.6 Å². The molecule has 0 aliphatic carbocycles. The summed E-state index contributed by atoms with van der Waals surface area (Å²) < 4.78 is 41.3. The summed E-state index contributed by atoms with van der Waals surface area (Å²) in [4.78, 5) is 22.6. The van der Waals surface area contributed by atoms with Crippen LogP contribution in [0.3, 0.4) is 0 Å². The molecule has 1 aromatic rings. The summed E-state index contributed by atoms with van der Waals surface area (Å²) in [5.41, 5.74) is -0.808. The number of carbonyl (C=O) groups excluding carboxylic acids is 1. The van der Waals surface area contributed by atoms with Gasteiger partial charge in [-0.25, -0.2) is 0 Å². The molecule has 2 rings (SSSR count). The van der Waals surface area contributed by atoms with Gasteiger partial charge in [0.1, 0.15) is 11.3 Å². The zero-order valence-electron chi connectivity index (χ0n) is 14.4. The Balaban J connectivity index is 0.00000364. The van der Waals surface area contributed by atoms with E-state index in [1.54, 1.807) is 0 Å². The molecular formula is C16H21ClF3N3O4. The second-order valence-corrected chi connectivity index (χ2v) is 6.10. The van der Waals surface area contributed by atoms with Crippen molar-refractivity contribution in [2.45, 2.75) is 25.4 Å². The molecule has 1 unspecified atom stereocenters. The summed E-state index contributed by atoms with van der Waals surface area (Å²) >= 11 is 0. The number of hydrogen-bond donors (Lipinski definition) is 2. The average molecular weight is 412 g/mol. The van der Waals surface area contributed by atoms with E-state index in [0.717, 1.165) is 50.6 Å². The topological polar surface area (TPSA) is 93.5 Å². The van der Waals surface area contributed by atoms with Crippen LogP contribution in [-0.4, -0.2) is 43.2 Å². The van der Waals surface area contributed by atoms with Gasteiger partial charge in [0.05, 0.1) is 4.92 Å². The van der Waals surface area contributed by atoms with Crippen LogP contribution in [0.25, 0.3) is 0 Å². The van der Waals surface area contributed by atoms with E-state index in [0.29, 0.717) is 12.5 Å². The van der Waals surface area contributed by atoms with Gasteiger partial charge in [-0.2, -0.15) is 13.2 Å². The van der Waals surface area contributed by atoms with Crippen LogP contribution >= 0.6 is 12.4 Å². The normalized spacial score (nSPS) is 16.9. The molecule has 0 saturated carbocycles. The number of hydrogen-bond acceptors (Lipinski definition) is 5. The Morgan fingerprint density at radius 3 is 2.74 bits per heavy atom. The quantitative estimate of drug-likeness (QED) is 0.531. The summed E-state index contributed by atoms with van der Waals surface area (Å²) in [6.07, 6.45) is -1.72. The fraction of sp³-hybridized carbons (Fsp3) is 0.562. The lowest BCUT2D eigenvalue weighted by molar-refractivity contribution is -0.385. The molecule has 1 saturated heterocycles. The first-order chi connectivity index (χ1) is 12.3. The minimum absolute atomic E-state index is 0. The molecule has 1 aromatic carbocycles. The number of amides is 1. The fourth-order valence-corrected chi connectivity index (χ4v) is 2.77. The largest absolute Gasteiger partial charge is 0.484 e. The molecule has 1 aliphatic rings. The average Bonchev–Trinajstić information content (AvgIpc) is 2.60. The van der Waals surface area contributed by atoms with Crippen molar-refractivity contribution in [2.24, 2.45) is 5.92 Å². The molecule has 1 amide bonds. The molecule has 7 nitrogen and oxygen atoms in total. The van der Waals surface area contributed by atoms with Gasteiger partial charge in [0.15, 0.2) is 6.61 Å². The number of alkyl halides is 3. The van der Waals surface area contributed by atoms with Crippen LogP contribution in [0.1, 0.15) is 29.6 Å². The number of piperidine rings is 1. The minimum Gasteiger partial charge on any atom is -0.484 e. The van der Waals surface area contributed by atoms with Crippen molar-refractivity contribution in [3.63, 3.8) is 0 Å². The highest BCUT2D eigenvalue weighted by molar-refractivity contribution is 5.98. The van der Waals surface area contributed by atoms with Gasteiger partial charge in [0.25, 0.3) is 11.6 Å². The minimum atomic E-state index is -4.54. The Morgan fingerprint density at radius 2 is 2.15 bits per heavy atom. The molecule has 27 heavy (non-hydrogen) atoms. The van der Waals surface area contributed by atoms with E-state index < -0.39 is 29.3 Å². The molecule has 0 aromatic heterocycles. The van der Waals surface area contributed by atoms with Crippen molar-refractivity contribution < 1.29 is 27.6 Å². The number of halogens is 4. The predicted octanol–water partition coefficient (Wildman–Crippen LogP) is 3.08. The van der Waals surface area contributed by atoms with E-state index in [1.165, 1.54) is 0 Å². The van der Waals surface area contributed by atoms with E-state index in [1.807, 2.05) is 0 Å². The lowest BCUT2D eigenvalue weighted by atomic mass is 9.96. The van der Waals surface area contributed by atoms with Gasteiger partial charge >= 0.3 is 6.18 Å². The molecule has 2 N–H and O–H groups in total. The lowest BCUT2D eigenvalue weighted by Crippen LogP contribution is -2.33. The molecule has 1 aliphatic heterocycles. The van der Waals surface area contributed by atoms with Gasteiger partial charge in [-0.15, -0.1) is 12.4 Å². The van der Waals surface area contributed by atoms with Gasteiger partial charge in [-0.3, -0.25) is 14.9 Å². The van der Waals surface area contributed by atoms with Gasteiger partial charge in [0.2, 0.25) is 0 Å². The first kappa shape index (κ1) is 23.0.